The predicted octanol–water partition coefficient (Wildman–Crippen LogP) is 2.07. The van der Waals surface area contributed by atoms with E-state index in [9.17, 15) is 14.0 Å². The number of hydrogen-bond acceptors (Lipinski definition) is 3. The topological polar surface area (TPSA) is 62.3 Å². The molecule has 1 aromatic carbocycles. The second-order valence-corrected chi connectivity index (χ2v) is 6.22. The average Bonchev–Trinajstić information content (AvgIpc) is 2.95. The lowest BCUT2D eigenvalue weighted by molar-refractivity contribution is -0.128. The molecule has 2 aromatic rings. The Kier molecular flexibility index (Phi) is 5.38. The second-order valence-electron chi connectivity index (χ2n) is 6.22. The van der Waals surface area contributed by atoms with Crippen LogP contribution >= 0.6 is 0 Å². The number of amides is 2. The highest BCUT2D eigenvalue weighted by molar-refractivity contribution is 5.82. The third kappa shape index (κ3) is 4.86. The van der Waals surface area contributed by atoms with E-state index < -0.39 is 0 Å². The van der Waals surface area contributed by atoms with Gasteiger partial charge in [0.1, 0.15) is 5.82 Å². The molecular weight excluding hydrogens is 321 g/mol. The van der Waals surface area contributed by atoms with Gasteiger partial charge < -0.3 is 10.2 Å². The summed E-state index contributed by atoms with van der Waals surface area (Å²) in [5, 5.41) is 2.93. The number of nitrogens with one attached hydrogen (secondary N) is 1. The van der Waals surface area contributed by atoms with Gasteiger partial charge in [-0.15, -0.1) is 0 Å². The van der Waals surface area contributed by atoms with Crippen LogP contribution in [0.15, 0.2) is 48.8 Å². The van der Waals surface area contributed by atoms with Crippen LogP contribution in [0.3, 0.4) is 0 Å². The van der Waals surface area contributed by atoms with Crippen LogP contribution in [0.25, 0.3) is 0 Å². The Balaban J connectivity index is 1.47. The van der Waals surface area contributed by atoms with Gasteiger partial charge in [-0.3, -0.25) is 14.6 Å². The average molecular weight is 341 g/mol. The van der Waals surface area contributed by atoms with Crippen LogP contribution < -0.4 is 5.32 Å². The lowest BCUT2D eigenvalue weighted by Gasteiger charge is -2.17. The minimum Gasteiger partial charge on any atom is -0.351 e. The Morgan fingerprint density at radius 1 is 1.16 bits per heavy atom. The fraction of sp³-hybridized carbons (Fsp3) is 0.316. The molecule has 1 saturated heterocycles. The van der Waals surface area contributed by atoms with E-state index in [1.54, 1.807) is 29.4 Å². The number of carbonyl (C=O) groups excluding carboxylic acids is 2. The maximum atomic E-state index is 12.9. The molecule has 0 radical (unpaired) electrons. The third-order valence-electron chi connectivity index (χ3n) is 4.26. The van der Waals surface area contributed by atoms with E-state index in [0.29, 0.717) is 32.4 Å². The smallest absolute Gasteiger partial charge is 0.225 e. The van der Waals surface area contributed by atoms with E-state index in [-0.39, 0.29) is 23.7 Å². The minimum atomic E-state index is -0.296. The van der Waals surface area contributed by atoms with E-state index in [2.05, 4.69) is 10.3 Å². The number of halogens is 1. The van der Waals surface area contributed by atoms with Crippen molar-refractivity contribution in [1.82, 2.24) is 15.2 Å². The summed E-state index contributed by atoms with van der Waals surface area (Å²) in [5.41, 5.74) is 1.94. The van der Waals surface area contributed by atoms with Gasteiger partial charge in [0, 0.05) is 38.3 Å². The normalized spacial score (nSPS) is 16.9. The van der Waals surface area contributed by atoms with Crippen molar-refractivity contribution >= 4 is 11.8 Å². The van der Waals surface area contributed by atoms with E-state index in [0.717, 1.165) is 11.1 Å². The highest BCUT2D eigenvalue weighted by Gasteiger charge is 2.30. The molecule has 2 heterocycles. The summed E-state index contributed by atoms with van der Waals surface area (Å²) in [5.74, 6) is -0.349. The van der Waals surface area contributed by atoms with Gasteiger partial charge in [0.15, 0.2) is 0 Å². The van der Waals surface area contributed by atoms with Crippen molar-refractivity contribution in [1.29, 1.82) is 0 Å². The van der Waals surface area contributed by atoms with Crippen molar-refractivity contribution in [3.8, 4) is 0 Å². The van der Waals surface area contributed by atoms with E-state index >= 15 is 0 Å². The van der Waals surface area contributed by atoms with Gasteiger partial charge in [-0.05, 0) is 41.8 Å². The summed E-state index contributed by atoms with van der Waals surface area (Å²) < 4.78 is 12.9. The molecule has 1 aliphatic rings. The Bertz CT molecular complexity index is 734. The zero-order chi connectivity index (χ0) is 17.6. The summed E-state index contributed by atoms with van der Waals surface area (Å²) in [4.78, 5) is 29.8. The van der Waals surface area contributed by atoms with E-state index in [4.69, 9.17) is 0 Å². The number of pyridine rings is 1. The monoisotopic (exact) mass is 341 g/mol. The van der Waals surface area contributed by atoms with Crippen molar-refractivity contribution in [2.75, 3.05) is 6.54 Å². The lowest BCUT2D eigenvalue weighted by atomic mass is 10.1. The van der Waals surface area contributed by atoms with Crippen LogP contribution in [-0.2, 0) is 22.6 Å². The van der Waals surface area contributed by atoms with Gasteiger partial charge in [-0.1, -0.05) is 12.1 Å². The molecule has 1 aliphatic heterocycles. The van der Waals surface area contributed by atoms with Crippen LogP contribution in [0.2, 0.25) is 0 Å². The first-order valence-corrected chi connectivity index (χ1v) is 8.30. The molecule has 1 aromatic heterocycles. The molecule has 0 aliphatic carbocycles. The van der Waals surface area contributed by atoms with Gasteiger partial charge in [-0.25, -0.2) is 4.39 Å². The van der Waals surface area contributed by atoms with Crippen LogP contribution in [0.4, 0.5) is 4.39 Å². The number of likely N-dealkylation sites (tertiary alicyclic amines) is 1. The molecule has 0 saturated carbocycles. The van der Waals surface area contributed by atoms with Crippen LogP contribution in [0, 0.1) is 5.82 Å². The van der Waals surface area contributed by atoms with Gasteiger partial charge in [-0.2, -0.15) is 0 Å². The molecule has 1 atom stereocenters. The fourth-order valence-electron chi connectivity index (χ4n) is 2.94. The number of benzene rings is 1. The summed E-state index contributed by atoms with van der Waals surface area (Å²) in [6, 6.07) is 9.71. The Hall–Kier alpha value is -2.76. The second kappa shape index (κ2) is 7.88. The largest absolute Gasteiger partial charge is 0.351 e. The minimum absolute atomic E-state index is 0.00348. The Labute approximate surface area is 145 Å². The number of aromatic nitrogens is 1. The molecule has 1 fully saturated rings. The van der Waals surface area contributed by atoms with Gasteiger partial charge >= 0.3 is 0 Å². The summed E-state index contributed by atoms with van der Waals surface area (Å²) in [6.07, 6.45) is 4.75. The number of hydrogen-bond donors (Lipinski definition) is 1. The molecule has 0 bridgehead atoms. The van der Waals surface area contributed by atoms with Gasteiger partial charge in [0.2, 0.25) is 11.8 Å². The Morgan fingerprint density at radius 3 is 2.60 bits per heavy atom. The highest BCUT2D eigenvalue weighted by atomic mass is 19.1. The number of nitrogens with zero attached hydrogens (tertiary/aromatic N) is 2. The summed E-state index contributed by atoms with van der Waals surface area (Å²) >= 11 is 0. The lowest BCUT2D eigenvalue weighted by Crippen LogP contribution is -2.37. The van der Waals surface area contributed by atoms with Gasteiger partial charge in [0.05, 0.1) is 6.04 Å². The van der Waals surface area contributed by atoms with E-state index in [1.807, 2.05) is 12.1 Å². The van der Waals surface area contributed by atoms with Crippen molar-refractivity contribution in [2.45, 2.75) is 31.8 Å². The Morgan fingerprint density at radius 2 is 1.88 bits per heavy atom. The predicted molar refractivity (Wildman–Crippen MR) is 90.9 cm³/mol. The molecular formula is C19H20FN3O2. The zero-order valence-electron chi connectivity index (χ0n) is 13.8. The van der Waals surface area contributed by atoms with Crippen molar-refractivity contribution < 1.29 is 14.0 Å². The molecule has 130 valence electrons. The first-order valence-electron chi connectivity index (χ1n) is 8.30. The van der Waals surface area contributed by atoms with Crippen LogP contribution in [0.1, 0.15) is 24.0 Å². The van der Waals surface area contributed by atoms with Crippen LogP contribution in [-0.4, -0.2) is 34.3 Å². The van der Waals surface area contributed by atoms with Crippen LogP contribution in [0.5, 0.6) is 0 Å². The molecule has 1 N–H and O–H groups in total. The maximum Gasteiger partial charge on any atom is 0.225 e. The molecule has 0 spiro atoms. The standard InChI is InChI=1S/C19H20FN3O2/c20-16-4-1-15(2-5-16)12-23-13-17(11-19(23)25)22-18(24)6-3-14-7-9-21-10-8-14/h1-2,4-5,7-10,17H,3,6,11-13H2,(H,22,24). The third-order valence-corrected chi connectivity index (χ3v) is 4.26. The molecule has 6 heteroatoms. The first kappa shape index (κ1) is 17.1. The molecule has 3 rings (SSSR count). The highest BCUT2D eigenvalue weighted by Crippen LogP contribution is 2.16. The molecule has 1 unspecified atom stereocenters. The van der Waals surface area contributed by atoms with Crippen molar-refractivity contribution in [3.63, 3.8) is 0 Å². The summed E-state index contributed by atoms with van der Waals surface area (Å²) in [6.45, 7) is 0.916. The summed E-state index contributed by atoms with van der Waals surface area (Å²) in [7, 11) is 0. The molecule has 25 heavy (non-hydrogen) atoms. The first-order chi connectivity index (χ1) is 12.1. The maximum absolute atomic E-state index is 12.9. The van der Waals surface area contributed by atoms with Crippen molar-refractivity contribution in [2.24, 2.45) is 0 Å². The number of rotatable bonds is 6. The number of carbonyl (C=O) groups is 2. The molecule has 5 nitrogen and oxygen atoms in total. The van der Waals surface area contributed by atoms with Crippen molar-refractivity contribution in [3.05, 3.63) is 65.7 Å². The SMILES string of the molecule is O=C(CCc1ccncc1)NC1CC(=O)N(Cc2ccc(F)cc2)C1. The number of aryl methyl sites for hydroxylation is 1. The quantitative estimate of drug-likeness (QED) is 0.875. The fourth-order valence-corrected chi connectivity index (χ4v) is 2.94. The van der Waals surface area contributed by atoms with E-state index in [1.165, 1.54) is 12.1 Å². The molecule has 2 amide bonds. The zero-order valence-corrected chi connectivity index (χ0v) is 13.8. The van der Waals surface area contributed by atoms with Gasteiger partial charge in [0.25, 0.3) is 0 Å².